The third-order valence-corrected chi connectivity index (χ3v) is 3.38. The Morgan fingerprint density at radius 3 is 2.35 bits per heavy atom. The van der Waals surface area contributed by atoms with Crippen LogP contribution in [0.15, 0.2) is 24.5 Å². The van der Waals surface area contributed by atoms with E-state index in [2.05, 4.69) is 15.0 Å². The van der Waals surface area contributed by atoms with E-state index in [1.807, 2.05) is 32.0 Å². The second-order valence-electron chi connectivity index (χ2n) is 5.47. The summed E-state index contributed by atoms with van der Waals surface area (Å²) in [5, 5.41) is 0. The van der Waals surface area contributed by atoms with Crippen molar-refractivity contribution in [3.63, 3.8) is 0 Å². The Bertz CT molecular complexity index is 862. The van der Waals surface area contributed by atoms with Gasteiger partial charge in [0.25, 0.3) is 0 Å². The Balaban J connectivity index is 2.09. The van der Waals surface area contributed by atoms with Crippen LogP contribution in [0, 0.1) is 13.8 Å². The van der Waals surface area contributed by atoms with E-state index in [0.29, 0.717) is 6.54 Å². The Hall–Kier alpha value is -2.64. The number of benzene rings is 1. The number of fused-ring (bicyclic) bond motifs is 1. The molecular weight excluding hydrogens is 307 g/mol. The average Bonchev–Trinajstić information content (AvgIpc) is 2.80. The molecule has 0 bridgehead atoms. The number of anilines is 1. The van der Waals surface area contributed by atoms with Gasteiger partial charge in [0, 0.05) is 0 Å². The summed E-state index contributed by atoms with van der Waals surface area (Å²) in [4.78, 5) is 10.9. The van der Waals surface area contributed by atoms with Crippen LogP contribution in [0.3, 0.4) is 0 Å². The predicted octanol–water partition coefficient (Wildman–Crippen LogP) is 3.09. The summed E-state index contributed by atoms with van der Waals surface area (Å²) in [5.74, 6) is -1.54. The first kappa shape index (κ1) is 15.3. The van der Waals surface area contributed by atoms with Crippen LogP contribution in [0.5, 0.6) is 0 Å². The van der Waals surface area contributed by atoms with E-state index >= 15 is 0 Å². The number of halogens is 3. The zero-order valence-corrected chi connectivity index (χ0v) is 12.5. The highest BCUT2D eigenvalue weighted by atomic mass is 19.4. The van der Waals surface area contributed by atoms with Crippen LogP contribution < -0.4 is 5.73 Å². The number of alkyl halides is 3. The molecule has 2 aromatic heterocycles. The molecule has 0 aliphatic heterocycles. The van der Waals surface area contributed by atoms with Gasteiger partial charge in [-0.1, -0.05) is 29.3 Å². The molecule has 120 valence electrons. The van der Waals surface area contributed by atoms with Gasteiger partial charge in [0.1, 0.15) is 5.52 Å². The number of rotatable bonds is 2. The van der Waals surface area contributed by atoms with Gasteiger partial charge in [0.2, 0.25) is 5.82 Å². The van der Waals surface area contributed by atoms with E-state index in [4.69, 9.17) is 5.73 Å². The number of hydrogen-bond donors (Lipinski definition) is 1. The number of hydrogen-bond acceptors (Lipinski definition) is 4. The lowest BCUT2D eigenvalue weighted by atomic mass is 10.1. The molecule has 0 aliphatic carbocycles. The van der Waals surface area contributed by atoms with Crippen molar-refractivity contribution in [2.24, 2.45) is 0 Å². The minimum atomic E-state index is -4.66. The summed E-state index contributed by atoms with van der Waals surface area (Å²) in [6.07, 6.45) is -3.23. The largest absolute Gasteiger partial charge is 0.451 e. The second-order valence-corrected chi connectivity index (χ2v) is 5.47. The summed E-state index contributed by atoms with van der Waals surface area (Å²) >= 11 is 0. The fourth-order valence-electron chi connectivity index (χ4n) is 2.57. The van der Waals surface area contributed by atoms with Crippen molar-refractivity contribution in [2.75, 3.05) is 5.73 Å². The number of nitrogen functional groups attached to an aromatic ring is 1. The Labute approximate surface area is 130 Å². The van der Waals surface area contributed by atoms with Crippen molar-refractivity contribution < 1.29 is 13.2 Å². The molecule has 1 aromatic carbocycles. The molecule has 5 nitrogen and oxygen atoms in total. The first-order valence-electron chi connectivity index (χ1n) is 6.87. The quantitative estimate of drug-likeness (QED) is 0.787. The van der Waals surface area contributed by atoms with Crippen LogP contribution in [0.1, 0.15) is 22.5 Å². The highest BCUT2D eigenvalue weighted by Gasteiger charge is 2.36. The zero-order chi connectivity index (χ0) is 16.8. The molecule has 0 aliphatic rings. The number of nitrogens with zero attached hydrogens (tertiary/aromatic N) is 4. The molecule has 0 radical (unpaired) electrons. The van der Waals surface area contributed by atoms with Gasteiger partial charge in [-0.2, -0.15) is 13.2 Å². The first-order valence-corrected chi connectivity index (χ1v) is 6.87. The fraction of sp³-hybridized carbons (Fsp3) is 0.267. The van der Waals surface area contributed by atoms with Gasteiger partial charge in [0.05, 0.1) is 12.9 Å². The Morgan fingerprint density at radius 1 is 1.09 bits per heavy atom. The van der Waals surface area contributed by atoms with Gasteiger partial charge in [-0.25, -0.2) is 15.0 Å². The summed E-state index contributed by atoms with van der Waals surface area (Å²) in [6.45, 7) is 4.28. The van der Waals surface area contributed by atoms with E-state index in [9.17, 15) is 13.2 Å². The SMILES string of the molecule is Cc1cc(C)cc(Cn2cnc3c(N)nc(C(F)(F)F)nc32)c1. The summed E-state index contributed by atoms with van der Waals surface area (Å²) < 4.78 is 40.1. The van der Waals surface area contributed by atoms with Gasteiger partial charge in [0.15, 0.2) is 11.5 Å². The second kappa shape index (κ2) is 5.22. The number of nitrogens with two attached hydrogens (primary N) is 1. The van der Waals surface area contributed by atoms with Crippen LogP contribution in [0.4, 0.5) is 19.0 Å². The minimum Gasteiger partial charge on any atom is -0.382 e. The molecular formula is C15H14F3N5. The fourth-order valence-corrected chi connectivity index (χ4v) is 2.57. The van der Waals surface area contributed by atoms with E-state index in [1.54, 1.807) is 0 Å². The van der Waals surface area contributed by atoms with Crippen LogP contribution in [-0.2, 0) is 12.7 Å². The van der Waals surface area contributed by atoms with Crippen molar-refractivity contribution in [1.29, 1.82) is 0 Å². The molecule has 0 saturated heterocycles. The molecule has 2 heterocycles. The molecule has 23 heavy (non-hydrogen) atoms. The van der Waals surface area contributed by atoms with E-state index < -0.39 is 12.0 Å². The van der Waals surface area contributed by atoms with Crippen LogP contribution in [0.2, 0.25) is 0 Å². The first-order chi connectivity index (χ1) is 10.7. The van der Waals surface area contributed by atoms with Gasteiger partial charge in [-0.05, 0) is 19.4 Å². The van der Waals surface area contributed by atoms with Crippen molar-refractivity contribution in [1.82, 2.24) is 19.5 Å². The standard InChI is InChI=1S/C15H14F3N5/c1-8-3-9(2)5-10(4-8)6-23-7-20-11-12(19)21-14(15(16,17)18)22-13(11)23/h3-5,7H,6H2,1-2H3,(H2,19,21,22). The maximum absolute atomic E-state index is 12.9. The van der Waals surface area contributed by atoms with E-state index in [0.717, 1.165) is 16.7 Å². The zero-order valence-electron chi connectivity index (χ0n) is 12.5. The Kier molecular flexibility index (Phi) is 3.46. The highest BCUT2D eigenvalue weighted by molar-refractivity contribution is 5.81. The molecule has 0 amide bonds. The minimum absolute atomic E-state index is 0.0731. The summed E-state index contributed by atoms with van der Waals surface area (Å²) in [7, 11) is 0. The van der Waals surface area contributed by atoms with E-state index in [-0.39, 0.29) is 17.0 Å². The maximum atomic E-state index is 12.9. The third kappa shape index (κ3) is 2.96. The van der Waals surface area contributed by atoms with Gasteiger partial charge < -0.3 is 10.3 Å². The summed E-state index contributed by atoms with van der Waals surface area (Å²) in [5.41, 5.74) is 8.93. The number of aryl methyl sites for hydroxylation is 2. The lowest BCUT2D eigenvalue weighted by Crippen LogP contribution is -2.13. The molecule has 0 fully saturated rings. The molecule has 2 N–H and O–H groups in total. The number of imidazole rings is 1. The molecule has 0 spiro atoms. The molecule has 8 heteroatoms. The van der Waals surface area contributed by atoms with Crippen LogP contribution in [0.25, 0.3) is 11.2 Å². The molecule has 0 saturated carbocycles. The maximum Gasteiger partial charge on any atom is 0.451 e. The van der Waals surface area contributed by atoms with Crippen LogP contribution in [-0.4, -0.2) is 19.5 Å². The third-order valence-electron chi connectivity index (χ3n) is 3.38. The smallest absolute Gasteiger partial charge is 0.382 e. The topological polar surface area (TPSA) is 69.6 Å². The lowest BCUT2D eigenvalue weighted by molar-refractivity contribution is -0.144. The van der Waals surface area contributed by atoms with Crippen LogP contribution >= 0.6 is 0 Å². The van der Waals surface area contributed by atoms with Crippen molar-refractivity contribution in [2.45, 2.75) is 26.6 Å². The van der Waals surface area contributed by atoms with Crippen molar-refractivity contribution in [3.05, 3.63) is 47.0 Å². The normalized spacial score (nSPS) is 12.0. The highest BCUT2D eigenvalue weighted by Crippen LogP contribution is 2.29. The van der Waals surface area contributed by atoms with Gasteiger partial charge in [-0.15, -0.1) is 0 Å². The molecule has 0 atom stereocenters. The summed E-state index contributed by atoms with van der Waals surface area (Å²) in [6, 6.07) is 5.96. The van der Waals surface area contributed by atoms with Gasteiger partial charge in [-0.3, -0.25) is 0 Å². The average molecular weight is 321 g/mol. The number of aromatic nitrogens is 4. The van der Waals surface area contributed by atoms with Crippen molar-refractivity contribution in [3.8, 4) is 0 Å². The molecule has 3 aromatic rings. The molecule has 3 rings (SSSR count). The van der Waals surface area contributed by atoms with Gasteiger partial charge >= 0.3 is 6.18 Å². The predicted molar refractivity (Wildman–Crippen MR) is 79.8 cm³/mol. The van der Waals surface area contributed by atoms with E-state index in [1.165, 1.54) is 10.9 Å². The van der Waals surface area contributed by atoms with Crippen molar-refractivity contribution >= 4 is 17.0 Å². The lowest BCUT2D eigenvalue weighted by Gasteiger charge is -2.09. The Morgan fingerprint density at radius 2 is 1.74 bits per heavy atom. The monoisotopic (exact) mass is 321 g/mol. The molecule has 0 unspecified atom stereocenters.